The first-order chi connectivity index (χ1) is 19.7. The van der Waals surface area contributed by atoms with Crippen molar-refractivity contribution in [3.63, 3.8) is 0 Å². The van der Waals surface area contributed by atoms with E-state index in [-0.39, 0.29) is 24.2 Å². The number of hydrogen-bond donors (Lipinski definition) is 2. The zero-order chi connectivity index (χ0) is 29.5. The molecule has 3 aliphatic rings. The molecule has 4 rings (SSSR count). The van der Waals surface area contributed by atoms with Crippen LogP contribution in [0.3, 0.4) is 0 Å². The fourth-order valence-electron chi connectivity index (χ4n) is 6.81. The van der Waals surface area contributed by atoms with E-state index < -0.39 is 29.3 Å². The summed E-state index contributed by atoms with van der Waals surface area (Å²) in [6.45, 7) is 6.90. The molecule has 7 heteroatoms. The quantitative estimate of drug-likeness (QED) is 0.230. The number of aliphatic hydroxyl groups excluding tert-OH is 2. The number of ether oxygens (including phenoxy) is 4. The maximum atomic E-state index is 14.0. The number of methoxy groups -OCH3 is 1. The van der Waals surface area contributed by atoms with E-state index in [1.54, 1.807) is 7.11 Å². The molecule has 1 heterocycles. The predicted octanol–water partition coefficient (Wildman–Crippen LogP) is 5.77. The zero-order valence-corrected chi connectivity index (χ0v) is 25.3. The monoisotopic (exact) mass is 570 g/mol. The molecule has 1 aromatic rings. The highest BCUT2D eigenvalue weighted by Crippen LogP contribution is 2.53. The number of Topliss-reactive ketones (excluding diaryl/α,β-unsaturated/α-hetero) is 1. The first-order valence-corrected chi connectivity index (χ1v) is 15.4. The van der Waals surface area contributed by atoms with Crippen LogP contribution in [0.2, 0.25) is 0 Å². The number of aliphatic hydroxyl groups is 2. The van der Waals surface area contributed by atoms with Crippen molar-refractivity contribution in [1.29, 1.82) is 0 Å². The van der Waals surface area contributed by atoms with Gasteiger partial charge in [0.1, 0.15) is 11.5 Å². The molecule has 1 aliphatic heterocycles. The average molecular weight is 571 g/mol. The molecule has 0 amide bonds. The molecule has 1 aromatic carbocycles. The zero-order valence-electron chi connectivity index (χ0n) is 25.3. The minimum absolute atomic E-state index is 0.104. The van der Waals surface area contributed by atoms with E-state index in [2.05, 4.69) is 18.2 Å². The van der Waals surface area contributed by atoms with Gasteiger partial charge in [-0.15, -0.1) is 0 Å². The van der Waals surface area contributed by atoms with E-state index in [0.717, 1.165) is 49.0 Å². The Labute approximate surface area is 245 Å². The minimum Gasteiger partial charge on any atom is -0.497 e. The molecule has 1 spiro atoms. The highest BCUT2D eigenvalue weighted by molar-refractivity contribution is 5.83. The molecule has 0 aromatic heterocycles. The van der Waals surface area contributed by atoms with Gasteiger partial charge in [0.2, 0.25) is 0 Å². The van der Waals surface area contributed by atoms with Crippen LogP contribution in [-0.4, -0.2) is 60.9 Å². The second kappa shape index (κ2) is 14.4. The molecule has 2 fully saturated rings. The molecule has 2 unspecified atom stereocenters. The second-order valence-electron chi connectivity index (χ2n) is 12.6. The fourth-order valence-corrected chi connectivity index (χ4v) is 6.81. The van der Waals surface area contributed by atoms with Crippen molar-refractivity contribution < 1.29 is 34.0 Å². The Morgan fingerprint density at radius 2 is 1.85 bits per heavy atom. The van der Waals surface area contributed by atoms with Gasteiger partial charge in [-0.1, -0.05) is 43.2 Å². The van der Waals surface area contributed by atoms with E-state index in [1.807, 2.05) is 45.0 Å². The van der Waals surface area contributed by atoms with Gasteiger partial charge in [0.15, 0.2) is 5.79 Å². The van der Waals surface area contributed by atoms with Gasteiger partial charge in [-0.05, 0) is 88.0 Å². The van der Waals surface area contributed by atoms with E-state index >= 15 is 0 Å². The van der Waals surface area contributed by atoms with Crippen molar-refractivity contribution in [2.24, 2.45) is 23.2 Å². The lowest BCUT2D eigenvalue weighted by atomic mass is 9.63. The van der Waals surface area contributed by atoms with E-state index in [9.17, 15) is 15.0 Å². The third-order valence-electron chi connectivity index (χ3n) is 9.25. The van der Waals surface area contributed by atoms with E-state index in [4.69, 9.17) is 18.9 Å². The third-order valence-corrected chi connectivity index (χ3v) is 9.25. The molecule has 2 bridgehead atoms. The normalized spacial score (nSPS) is 28.0. The summed E-state index contributed by atoms with van der Waals surface area (Å²) in [5.74, 6) is -0.116. The van der Waals surface area contributed by atoms with Gasteiger partial charge in [0.05, 0.1) is 51.7 Å². The third kappa shape index (κ3) is 7.88. The molecule has 2 aliphatic carbocycles. The smallest absolute Gasteiger partial charge is 0.162 e. The maximum absolute atomic E-state index is 14.0. The lowest BCUT2D eigenvalue weighted by Gasteiger charge is -2.49. The molecule has 7 nitrogen and oxygen atoms in total. The van der Waals surface area contributed by atoms with Gasteiger partial charge in [-0.3, -0.25) is 4.79 Å². The van der Waals surface area contributed by atoms with Gasteiger partial charge in [-0.25, -0.2) is 0 Å². The van der Waals surface area contributed by atoms with E-state index in [1.165, 1.54) is 0 Å². The number of allylic oxidation sites excluding steroid dienone is 3. The summed E-state index contributed by atoms with van der Waals surface area (Å²) in [6, 6.07) is 7.79. The van der Waals surface area contributed by atoms with Crippen LogP contribution < -0.4 is 4.74 Å². The van der Waals surface area contributed by atoms with Crippen LogP contribution in [-0.2, 0) is 25.6 Å². The second-order valence-corrected chi connectivity index (χ2v) is 12.6. The molecule has 1 saturated heterocycles. The minimum atomic E-state index is -0.874. The number of fused-ring (bicyclic) bond motifs is 3. The predicted molar refractivity (Wildman–Crippen MR) is 158 cm³/mol. The molecule has 1 saturated carbocycles. The Hall–Kier alpha value is -2.03. The summed E-state index contributed by atoms with van der Waals surface area (Å²) in [6.07, 6.45) is 12.1. The summed E-state index contributed by atoms with van der Waals surface area (Å²) < 4.78 is 24.5. The SMILES string of the molecule is C/C=C/CCCCC[C@H]1C=C2C(OCc3ccc(OC)cc3)C(C(=O)CCC23COC(C)(C)OC3)[C@@H]1C[C@H](O)CO. The lowest BCUT2D eigenvalue weighted by Crippen LogP contribution is -2.52. The Balaban J connectivity index is 1.68. The van der Waals surface area contributed by atoms with Crippen LogP contribution in [0.1, 0.15) is 77.7 Å². The number of unbranched alkanes of at least 4 members (excludes halogenated alkanes) is 3. The number of hydrogen-bond acceptors (Lipinski definition) is 7. The Kier molecular flexibility index (Phi) is 11.2. The summed E-state index contributed by atoms with van der Waals surface area (Å²) in [7, 11) is 1.64. The Bertz CT molecular complexity index is 1030. The van der Waals surface area contributed by atoms with Crippen molar-refractivity contribution in [2.45, 2.75) is 96.7 Å². The molecule has 41 heavy (non-hydrogen) atoms. The standard InChI is InChI=1S/C34H50O7/c1-5-6-7-8-9-10-11-25-18-29-32(39-21-24-12-14-27(38-4)15-13-24)31(28(25)19-26(36)20-35)30(37)16-17-34(29)22-40-33(2,3)41-23-34/h5-6,12-15,18,25-26,28,31-32,35-36H,7-11,16-17,19-23H2,1-4H3/b6-5+/t25-,26-,28+,31?,32?/m0/s1. The molecular weight excluding hydrogens is 520 g/mol. The maximum Gasteiger partial charge on any atom is 0.162 e. The first kappa shape index (κ1) is 31.9. The van der Waals surface area contributed by atoms with Crippen molar-refractivity contribution in [2.75, 3.05) is 26.9 Å². The molecule has 5 atom stereocenters. The number of rotatable bonds is 13. The number of ketones is 1. The number of carbonyl (C=O) groups is 1. The molecule has 0 radical (unpaired) electrons. The lowest BCUT2D eigenvalue weighted by molar-refractivity contribution is -0.281. The van der Waals surface area contributed by atoms with Gasteiger partial charge in [-0.2, -0.15) is 0 Å². The number of benzene rings is 1. The van der Waals surface area contributed by atoms with Crippen LogP contribution in [0.4, 0.5) is 0 Å². The molecule has 2 N–H and O–H groups in total. The fraction of sp³-hybridized carbons (Fsp3) is 0.676. The summed E-state index contributed by atoms with van der Waals surface area (Å²) in [4.78, 5) is 14.0. The Morgan fingerprint density at radius 1 is 1.12 bits per heavy atom. The summed E-state index contributed by atoms with van der Waals surface area (Å²) in [5.41, 5.74) is 1.68. The topological polar surface area (TPSA) is 94.5 Å². The largest absolute Gasteiger partial charge is 0.497 e. The van der Waals surface area contributed by atoms with Crippen molar-refractivity contribution in [3.05, 3.63) is 53.6 Å². The van der Waals surface area contributed by atoms with Crippen molar-refractivity contribution >= 4 is 5.78 Å². The molecular formula is C34H50O7. The Morgan fingerprint density at radius 3 is 2.51 bits per heavy atom. The number of carbonyl (C=O) groups excluding carboxylic acids is 1. The summed E-state index contributed by atoms with van der Waals surface area (Å²) in [5, 5.41) is 20.4. The van der Waals surface area contributed by atoms with Gasteiger partial charge < -0.3 is 29.2 Å². The van der Waals surface area contributed by atoms with Gasteiger partial charge >= 0.3 is 0 Å². The summed E-state index contributed by atoms with van der Waals surface area (Å²) >= 11 is 0. The van der Waals surface area contributed by atoms with Crippen molar-refractivity contribution in [1.82, 2.24) is 0 Å². The average Bonchev–Trinajstić information content (AvgIpc) is 3.05. The van der Waals surface area contributed by atoms with E-state index in [0.29, 0.717) is 39.1 Å². The highest BCUT2D eigenvalue weighted by Gasteiger charge is 2.55. The van der Waals surface area contributed by atoms with Crippen LogP contribution >= 0.6 is 0 Å². The van der Waals surface area contributed by atoms with Gasteiger partial charge in [0.25, 0.3) is 0 Å². The van der Waals surface area contributed by atoms with Crippen LogP contribution in [0.5, 0.6) is 5.75 Å². The van der Waals surface area contributed by atoms with Crippen molar-refractivity contribution in [3.8, 4) is 5.75 Å². The molecule has 228 valence electrons. The van der Waals surface area contributed by atoms with Crippen LogP contribution in [0.25, 0.3) is 0 Å². The van der Waals surface area contributed by atoms with Gasteiger partial charge in [0, 0.05) is 11.8 Å². The first-order valence-electron chi connectivity index (χ1n) is 15.4. The van der Waals surface area contributed by atoms with Crippen LogP contribution in [0, 0.1) is 23.2 Å². The highest BCUT2D eigenvalue weighted by atomic mass is 16.7. The van der Waals surface area contributed by atoms with Crippen LogP contribution in [0.15, 0.2) is 48.1 Å².